The molecule has 1 aliphatic heterocycles. The van der Waals surface area contributed by atoms with E-state index in [1.165, 1.54) is 5.56 Å². The van der Waals surface area contributed by atoms with Gasteiger partial charge in [-0.1, -0.05) is 93.0 Å². The predicted octanol–water partition coefficient (Wildman–Crippen LogP) is 4.66. The van der Waals surface area contributed by atoms with E-state index in [0.29, 0.717) is 30.0 Å². The molecule has 1 aliphatic carbocycles. The summed E-state index contributed by atoms with van der Waals surface area (Å²) in [6, 6.07) is 22.6. The van der Waals surface area contributed by atoms with Crippen LogP contribution in [0.1, 0.15) is 79.5 Å². The molecule has 5 rings (SSSR count). The third-order valence-corrected chi connectivity index (χ3v) is 9.55. The van der Waals surface area contributed by atoms with E-state index in [1.54, 1.807) is 24.3 Å². The second kappa shape index (κ2) is 17.3. The first-order valence-corrected chi connectivity index (χ1v) is 18.2. The number of aryl methyl sites for hydroxylation is 2. The second-order valence-corrected chi connectivity index (χ2v) is 15.4. The minimum atomic E-state index is -1.01. The van der Waals surface area contributed by atoms with Crippen LogP contribution in [0.15, 0.2) is 78.9 Å². The molecule has 4 amide bonds. The highest BCUT2D eigenvalue weighted by molar-refractivity contribution is 6.31. The maximum Gasteiger partial charge on any atom is 0.251 e. The molecular formula is C40H50ClN5O5. The Morgan fingerprint density at radius 3 is 2.35 bits per heavy atom. The van der Waals surface area contributed by atoms with Gasteiger partial charge < -0.3 is 26.0 Å². The Labute approximate surface area is 305 Å². The maximum absolute atomic E-state index is 14.2. The molecule has 1 fully saturated rings. The Morgan fingerprint density at radius 1 is 0.902 bits per heavy atom. The highest BCUT2D eigenvalue weighted by Gasteiger charge is 2.43. The van der Waals surface area contributed by atoms with E-state index in [2.05, 4.69) is 38.7 Å². The van der Waals surface area contributed by atoms with Crippen molar-refractivity contribution in [3.8, 4) is 0 Å². The summed E-state index contributed by atoms with van der Waals surface area (Å²) in [5, 5.41) is 15.9. The normalized spacial score (nSPS) is 17.5. The van der Waals surface area contributed by atoms with Crippen LogP contribution in [0.3, 0.4) is 0 Å². The molecule has 0 radical (unpaired) electrons. The number of fused-ring (bicyclic) bond motifs is 1. The fourth-order valence-electron chi connectivity index (χ4n) is 6.44. The smallest absolute Gasteiger partial charge is 0.251 e. The molecule has 51 heavy (non-hydrogen) atoms. The summed E-state index contributed by atoms with van der Waals surface area (Å²) in [6.45, 7) is 7.04. The topological polar surface area (TPSA) is 138 Å². The maximum atomic E-state index is 14.2. The molecule has 0 unspecified atom stereocenters. The number of benzene rings is 3. The minimum absolute atomic E-state index is 0.144. The average Bonchev–Trinajstić information content (AvgIpc) is 3.09. The standard InChI is InChI=1S/C40H50ClN5O5/c1-39(2,3)23-42-35(47)22-34(46-40(25-51-26-40)24-43-36(48)29-15-9-16-30(41)21-29)38(50)45-33(20-19-27-11-5-4-6-12-27)37(49)44-32-18-10-14-28-13-7-8-17-31(28)32/h4-9,11-13,15-17,21,32-34,46H,10,14,18-20,22-26H2,1-3H3,(H,42,47)(H,43,48)(H,44,49)(H,45,50)/t32-,33+,34+/m1/s1. The predicted molar refractivity (Wildman–Crippen MR) is 198 cm³/mol. The van der Waals surface area contributed by atoms with Gasteiger partial charge in [0.05, 0.1) is 37.3 Å². The van der Waals surface area contributed by atoms with Gasteiger partial charge in [0.1, 0.15) is 6.04 Å². The number of hydrogen-bond donors (Lipinski definition) is 5. The van der Waals surface area contributed by atoms with Gasteiger partial charge in [0.2, 0.25) is 17.7 Å². The van der Waals surface area contributed by atoms with Gasteiger partial charge in [-0.25, -0.2) is 0 Å². The number of ether oxygens (including phenoxy) is 1. The Balaban J connectivity index is 1.33. The number of halogens is 1. The minimum Gasteiger partial charge on any atom is -0.377 e. The number of hydrogen-bond acceptors (Lipinski definition) is 6. The average molecular weight is 716 g/mol. The molecule has 1 heterocycles. The lowest BCUT2D eigenvalue weighted by atomic mass is 9.87. The zero-order valence-corrected chi connectivity index (χ0v) is 30.5. The lowest BCUT2D eigenvalue weighted by Gasteiger charge is -2.44. The van der Waals surface area contributed by atoms with Crippen LogP contribution in [0.25, 0.3) is 0 Å². The van der Waals surface area contributed by atoms with Gasteiger partial charge in [-0.3, -0.25) is 24.5 Å². The quantitative estimate of drug-likeness (QED) is 0.155. The SMILES string of the molecule is CC(C)(C)CNC(=O)C[C@H](NC1(CNC(=O)c2cccc(Cl)c2)COC1)C(=O)N[C@@H](CCc1ccccc1)C(=O)N[C@@H]1CCCc2ccccc21. The van der Waals surface area contributed by atoms with E-state index in [1.807, 2.05) is 63.2 Å². The van der Waals surface area contributed by atoms with E-state index < -0.39 is 23.5 Å². The summed E-state index contributed by atoms with van der Waals surface area (Å²) in [5.74, 6) is -1.38. The molecule has 3 aromatic carbocycles. The third-order valence-electron chi connectivity index (χ3n) is 9.32. The zero-order valence-electron chi connectivity index (χ0n) is 29.7. The van der Waals surface area contributed by atoms with Crippen molar-refractivity contribution in [2.24, 2.45) is 5.41 Å². The van der Waals surface area contributed by atoms with Crippen molar-refractivity contribution in [2.75, 3.05) is 26.3 Å². The molecular weight excluding hydrogens is 666 g/mol. The van der Waals surface area contributed by atoms with Crippen LogP contribution >= 0.6 is 11.6 Å². The van der Waals surface area contributed by atoms with Crippen LogP contribution in [0, 0.1) is 5.41 Å². The van der Waals surface area contributed by atoms with Crippen molar-refractivity contribution in [2.45, 2.75) is 83.0 Å². The van der Waals surface area contributed by atoms with Gasteiger partial charge >= 0.3 is 0 Å². The Bertz CT molecular complexity index is 1670. The van der Waals surface area contributed by atoms with E-state index in [4.69, 9.17) is 16.3 Å². The van der Waals surface area contributed by atoms with E-state index in [0.717, 1.165) is 30.4 Å². The monoisotopic (exact) mass is 715 g/mol. The first kappa shape index (κ1) is 38.0. The molecule has 1 saturated heterocycles. The fraction of sp³-hybridized carbons (Fsp3) is 0.450. The second-order valence-electron chi connectivity index (χ2n) is 14.9. The molecule has 10 nitrogen and oxygen atoms in total. The fourth-order valence-corrected chi connectivity index (χ4v) is 6.63. The van der Waals surface area contributed by atoms with Gasteiger partial charge in [0.25, 0.3) is 5.91 Å². The van der Waals surface area contributed by atoms with Gasteiger partial charge in [0.15, 0.2) is 0 Å². The molecule has 2 aliphatic rings. The van der Waals surface area contributed by atoms with Crippen LogP contribution < -0.4 is 26.6 Å². The molecule has 272 valence electrons. The lowest BCUT2D eigenvalue weighted by Crippen LogP contribution is -2.70. The van der Waals surface area contributed by atoms with Gasteiger partial charge in [0, 0.05) is 23.7 Å². The summed E-state index contributed by atoms with van der Waals surface area (Å²) in [5.41, 5.74) is 2.81. The summed E-state index contributed by atoms with van der Waals surface area (Å²) >= 11 is 6.10. The first-order valence-electron chi connectivity index (χ1n) is 17.8. The largest absolute Gasteiger partial charge is 0.377 e. The number of carbonyl (C=O) groups excluding carboxylic acids is 4. The first-order chi connectivity index (χ1) is 24.4. The highest BCUT2D eigenvalue weighted by atomic mass is 35.5. The number of carbonyl (C=O) groups is 4. The van der Waals surface area contributed by atoms with Crippen molar-refractivity contribution in [3.05, 3.63) is 106 Å². The number of amides is 4. The number of nitrogens with one attached hydrogen (secondary N) is 5. The van der Waals surface area contributed by atoms with Gasteiger partial charge in [-0.2, -0.15) is 0 Å². The van der Waals surface area contributed by atoms with E-state index in [-0.39, 0.29) is 55.4 Å². The van der Waals surface area contributed by atoms with Crippen LogP contribution in [-0.4, -0.2) is 67.6 Å². The van der Waals surface area contributed by atoms with Gasteiger partial charge in [-0.05, 0) is 72.4 Å². The Morgan fingerprint density at radius 2 is 1.65 bits per heavy atom. The van der Waals surface area contributed by atoms with Crippen LogP contribution in [-0.2, 0) is 32.0 Å². The number of rotatable bonds is 15. The van der Waals surface area contributed by atoms with Crippen molar-refractivity contribution < 1.29 is 23.9 Å². The Kier molecular flexibility index (Phi) is 12.9. The van der Waals surface area contributed by atoms with E-state index in [9.17, 15) is 19.2 Å². The van der Waals surface area contributed by atoms with Crippen molar-refractivity contribution in [3.63, 3.8) is 0 Å². The summed E-state index contributed by atoms with van der Waals surface area (Å²) in [4.78, 5) is 54.5. The van der Waals surface area contributed by atoms with Crippen LogP contribution in [0.4, 0.5) is 0 Å². The van der Waals surface area contributed by atoms with Crippen molar-refractivity contribution in [1.29, 1.82) is 0 Å². The summed E-state index contributed by atoms with van der Waals surface area (Å²) in [7, 11) is 0. The third kappa shape index (κ3) is 11.1. The molecule has 0 spiro atoms. The summed E-state index contributed by atoms with van der Waals surface area (Å²) < 4.78 is 5.56. The lowest BCUT2D eigenvalue weighted by molar-refractivity contribution is -0.135. The molecule has 0 aromatic heterocycles. The molecule has 0 bridgehead atoms. The van der Waals surface area contributed by atoms with Crippen molar-refractivity contribution in [1.82, 2.24) is 26.6 Å². The van der Waals surface area contributed by atoms with Crippen LogP contribution in [0.2, 0.25) is 5.02 Å². The Hall–Kier alpha value is -4.25. The van der Waals surface area contributed by atoms with Crippen LogP contribution in [0.5, 0.6) is 0 Å². The van der Waals surface area contributed by atoms with E-state index >= 15 is 0 Å². The molecule has 5 N–H and O–H groups in total. The zero-order chi connectivity index (χ0) is 36.4. The molecule has 0 saturated carbocycles. The van der Waals surface area contributed by atoms with Crippen molar-refractivity contribution >= 4 is 35.2 Å². The molecule has 11 heteroatoms. The van der Waals surface area contributed by atoms with Gasteiger partial charge in [-0.15, -0.1) is 0 Å². The molecule has 3 aromatic rings. The molecule has 3 atom stereocenters. The highest BCUT2D eigenvalue weighted by Crippen LogP contribution is 2.29. The summed E-state index contributed by atoms with van der Waals surface area (Å²) in [6.07, 6.45) is 3.49.